The Hall–Kier alpha value is -2.40. The van der Waals surface area contributed by atoms with Gasteiger partial charge < -0.3 is 28.0 Å². The molecule has 10 heteroatoms. The topological polar surface area (TPSA) is 64.6 Å². The lowest BCUT2D eigenvalue weighted by molar-refractivity contribution is -0.239. The van der Waals surface area contributed by atoms with Crippen molar-refractivity contribution < 1.29 is 32.5 Å². The van der Waals surface area contributed by atoms with E-state index in [1.54, 1.807) is 11.8 Å². The molecule has 256 valence electrons. The van der Waals surface area contributed by atoms with Gasteiger partial charge in [-0.2, -0.15) is 0 Å². The highest BCUT2D eigenvalue weighted by molar-refractivity contribution is 8.07. The van der Waals surface area contributed by atoms with Gasteiger partial charge in [-0.25, -0.2) is 0 Å². The molecule has 0 aromatic heterocycles. The maximum atomic E-state index is 6.91. The van der Waals surface area contributed by atoms with Crippen LogP contribution in [0.2, 0.25) is 0 Å². The van der Waals surface area contributed by atoms with Crippen molar-refractivity contribution in [1.82, 2.24) is 0 Å². The van der Waals surface area contributed by atoms with Crippen LogP contribution in [0, 0.1) is 0 Å². The highest BCUT2D eigenvalue weighted by Crippen LogP contribution is 2.54. The van der Waals surface area contributed by atoms with Gasteiger partial charge in [-0.15, -0.1) is 11.8 Å². The second-order valence-electron chi connectivity index (χ2n) is 11.2. The fraction of sp³-hybridized carbons (Fsp3) is 0.368. The number of hydrogen-bond acceptors (Lipinski definition) is 9. The van der Waals surface area contributed by atoms with E-state index < -0.39 is 36.6 Å². The lowest BCUT2D eigenvalue weighted by Crippen LogP contribution is -2.60. The van der Waals surface area contributed by atoms with E-state index in [1.807, 2.05) is 123 Å². The molecular weight excluding hydrogens is 664 g/mol. The van der Waals surface area contributed by atoms with Crippen molar-refractivity contribution in [2.24, 2.45) is 0 Å². The molecule has 1 saturated heterocycles. The Bertz CT molecular complexity index is 1490. The minimum atomic E-state index is -3.17. The molecule has 0 spiro atoms. The van der Waals surface area contributed by atoms with E-state index >= 15 is 0 Å². The summed E-state index contributed by atoms with van der Waals surface area (Å²) in [7, 11) is 0. The van der Waals surface area contributed by atoms with Crippen LogP contribution in [-0.2, 0) is 69.9 Å². The molecule has 0 N–H and O–H groups in total. The molecule has 1 aliphatic rings. The standard InChI is InChI=1S/C38H45O7PS2/c1-3-42-46(47,43-4-2)45-37-36(41-27-32-21-13-7-14-22-32)35(40-26-31-19-11-6-12-20-31)34(28-39-25-30-17-9-5-10-18-30)44-38(37)48-29-33-23-15-8-16-24-33/h5-24,34-38H,3-4,25-29H2,1-2H3/t34-,35-,36+,37-,38-/m1/s1. The molecule has 0 unspecified atom stereocenters. The van der Waals surface area contributed by atoms with E-state index in [0.717, 1.165) is 16.7 Å². The Balaban J connectivity index is 1.49. The van der Waals surface area contributed by atoms with Crippen LogP contribution < -0.4 is 0 Å². The molecule has 1 aliphatic heterocycles. The zero-order valence-electron chi connectivity index (χ0n) is 27.5. The maximum absolute atomic E-state index is 6.91. The summed E-state index contributed by atoms with van der Waals surface area (Å²) in [6.45, 7) is 2.75. The van der Waals surface area contributed by atoms with Gasteiger partial charge in [-0.05, 0) is 47.9 Å². The van der Waals surface area contributed by atoms with Gasteiger partial charge in [0.25, 0.3) is 0 Å². The Labute approximate surface area is 294 Å². The number of hydrogen-bond donors (Lipinski definition) is 0. The van der Waals surface area contributed by atoms with Crippen molar-refractivity contribution >= 4 is 30.3 Å². The monoisotopic (exact) mass is 708 g/mol. The third-order valence-electron chi connectivity index (χ3n) is 7.64. The Morgan fingerprint density at radius 2 is 1.06 bits per heavy atom. The van der Waals surface area contributed by atoms with Crippen molar-refractivity contribution in [2.45, 2.75) is 69.3 Å². The van der Waals surface area contributed by atoms with Gasteiger partial charge in [-0.3, -0.25) is 4.52 Å². The van der Waals surface area contributed by atoms with E-state index in [0.29, 0.717) is 45.4 Å². The average molecular weight is 709 g/mol. The third kappa shape index (κ3) is 11.3. The largest absolute Gasteiger partial charge is 0.374 e. The summed E-state index contributed by atoms with van der Waals surface area (Å²) in [5, 5.41) is 0. The molecule has 0 aliphatic carbocycles. The van der Waals surface area contributed by atoms with Crippen molar-refractivity contribution in [3.63, 3.8) is 0 Å². The Kier molecular flexibility index (Phi) is 15.1. The molecule has 0 bridgehead atoms. The van der Waals surface area contributed by atoms with E-state index in [2.05, 4.69) is 12.1 Å². The van der Waals surface area contributed by atoms with Gasteiger partial charge in [0.1, 0.15) is 29.9 Å². The van der Waals surface area contributed by atoms with Crippen LogP contribution in [0.3, 0.4) is 0 Å². The molecular formula is C38H45O7PS2. The van der Waals surface area contributed by atoms with Gasteiger partial charge in [0.05, 0.1) is 39.6 Å². The van der Waals surface area contributed by atoms with Crippen LogP contribution in [-0.4, -0.2) is 49.7 Å². The number of ether oxygens (including phenoxy) is 4. The summed E-state index contributed by atoms with van der Waals surface area (Å²) in [6.07, 6.45) is -2.29. The van der Waals surface area contributed by atoms with Crippen molar-refractivity contribution in [2.75, 3.05) is 19.8 Å². The first-order chi connectivity index (χ1) is 23.6. The Morgan fingerprint density at radius 3 is 1.56 bits per heavy atom. The molecule has 5 rings (SSSR count). The van der Waals surface area contributed by atoms with Crippen molar-refractivity contribution in [3.05, 3.63) is 144 Å². The summed E-state index contributed by atoms with van der Waals surface area (Å²) in [4.78, 5) is 0. The van der Waals surface area contributed by atoms with Crippen LogP contribution in [0.25, 0.3) is 0 Å². The first-order valence-electron chi connectivity index (χ1n) is 16.4. The van der Waals surface area contributed by atoms with E-state index in [-0.39, 0.29) is 0 Å². The van der Waals surface area contributed by atoms with Gasteiger partial charge in [-0.1, -0.05) is 121 Å². The summed E-state index contributed by atoms with van der Waals surface area (Å²) < 4.78 is 45.5. The highest BCUT2D eigenvalue weighted by atomic mass is 32.5. The van der Waals surface area contributed by atoms with Crippen LogP contribution in [0.1, 0.15) is 36.1 Å². The number of benzene rings is 4. The Morgan fingerprint density at radius 1 is 0.604 bits per heavy atom. The van der Waals surface area contributed by atoms with Crippen molar-refractivity contribution in [3.8, 4) is 0 Å². The fourth-order valence-corrected chi connectivity index (χ4v) is 8.91. The zero-order valence-corrected chi connectivity index (χ0v) is 30.0. The second-order valence-corrected chi connectivity index (χ2v) is 15.3. The average Bonchev–Trinajstić information content (AvgIpc) is 3.12. The fourth-order valence-electron chi connectivity index (χ4n) is 5.37. The lowest BCUT2D eigenvalue weighted by Gasteiger charge is -2.46. The molecule has 1 heterocycles. The zero-order chi connectivity index (χ0) is 33.4. The summed E-state index contributed by atoms with van der Waals surface area (Å²) >= 11 is 7.57. The van der Waals surface area contributed by atoms with Crippen LogP contribution >= 0.6 is 18.5 Å². The van der Waals surface area contributed by atoms with E-state index in [9.17, 15) is 0 Å². The molecule has 5 atom stereocenters. The lowest BCUT2D eigenvalue weighted by atomic mass is 9.99. The molecule has 7 nitrogen and oxygen atoms in total. The first-order valence-corrected chi connectivity index (χ1v) is 20.0. The van der Waals surface area contributed by atoms with Gasteiger partial charge in [0.2, 0.25) is 0 Å². The van der Waals surface area contributed by atoms with Crippen LogP contribution in [0.4, 0.5) is 0 Å². The van der Waals surface area contributed by atoms with Gasteiger partial charge >= 0.3 is 6.72 Å². The molecule has 4 aromatic carbocycles. The molecule has 0 amide bonds. The highest BCUT2D eigenvalue weighted by Gasteiger charge is 2.50. The quantitative estimate of drug-likeness (QED) is 0.0891. The summed E-state index contributed by atoms with van der Waals surface area (Å²) in [5.41, 5.74) is 3.83. The minimum Gasteiger partial charge on any atom is -0.374 e. The normalized spacial score (nSPS) is 21.2. The van der Waals surface area contributed by atoms with E-state index in [4.69, 9.17) is 44.3 Å². The molecule has 48 heavy (non-hydrogen) atoms. The summed E-state index contributed by atoms with van der Waals surface area (Å²) in [5.74, 6) is 0.691. The number of rotatable bonds is 19. The predicted molar refractivity (Wildman–Crippen MR) is 195 cm³/mol. The second kappa shape index (κ2) is 19.7. The predicted octanol–water partition coefficient (Wildman–Crippen LogP) is 8.72. The smallest absolute Gasteiger partial charge is 0.327 e. The SMILES string of the molecule is CCOP(=S)(OCC)O[C@@H]1[C@@H](OCc2ccccc2)[C@H](OCc2ccccc2)[C@@H](COCc2ccccc2)O[C@@H]1SCc1ccccc1. The maximum Gasteiger partial charge on any atom is 0.327 e. The van der Waals surface area contributed by atoms with Crippen LogP contribution in [0.15, 0.2) is 121 Å². The molecule has 0 saturated carbocycles. The first kappa shape index (κ1) is 36.9. The van der Waals surface area contributed by atoms with Gasteiger partial charge in [0.15, 0.2) is 0 Å². The number of thioether (sulfide) groups is 1. The minimum absolute atomic E-state index is 0.291. The van der Waals surface area contributed by atoms with Crippen LogP contribution in [0.5, 0.6) is 0 Å². The molecule has 0 radical (unpaired) electrons. The molecule has 4 aromatic rings. The molecule has 1 fully saturated rings. The summed E-state index contributed by atoms with van der Waals surface area (Å²) in [6, 6.07) is 40.6. The third-order valence-corrected chi connectivity index (χ3v) is 11.4. The van der Waals surface area contributed by atoms with Crippen molar-refractivity contribution in [1.29, 1.82) is 0 Å². The van der Waals surface area contributed by atoms with E-state index in [1.165, 1.54) is 5.56 Å². The van der Waals surface area contributed by atoms with Gasteiger partial charge in [0, 0.05) is 5.75 Å².